The summed E-state index contributed by atoms with van der Waals surface area (Å²) in [5.74, 6) is 1.41. The van der Waals surface area contributed by atoms with Crippen molar-refractivity contribution in [3.05, 3.63) is 11.7 Å². The van der Waals surface area contributed by atoms with Crippen LogP contribution in [0.4, 0.5) is 0 Å². The van der Waals surface area contributed by atoms with Gasteiger partial charge in [-0.1, -0.05) is 19.0 Å². The van der Waals surface area contributed by atoms with Crippen LogP contribution < -0.4 is 11.1 Å². The molecule has 96 valence electrons. The summed E-state index contributed by atoms with van der Waals surface area (Å²) in [6.45, 7) is 6.25. The number of hydrogen-bond acceptors (Lipinski definition) is 5. The molecule has 0 bridgehead atoms. The van der Waals surface area contributed by atoms with Crippen molar-refractivity contribution in [3.63, 3.8) is 0 Å². The van der Waals surface area contributed by atoms with Crippen LogP contribution in [0.25, 0.3) is 0 Å². The predicted octanol–water partition coefficient (Wildman–Crippen LogP) is 0.410. The summed E-state index contributed by atoms with van der Waals surface area (Å²) in [6.07, 6.45) is 0.893. The first-order valence-electron chi connectivity index (χ1n) is 5.80. The first kappa shape index (κ1) is 13.6. The highest BCUT2D eigenvalue weighted by molar-refractivity contribution is 5.76. The summed E-state index contributed by atoms with van der Waals surface area (Å²) < 4.78 is 4.93. The number of aromatic nitrogens is 2. The molecule has 6 heteroatoms. The third-order valence-electron chi connectivity index (χ3n) is 2.51. The van der Waals surface area contributed by atoms with Gasteiger partial charge < -0.3 is 15.6 Å². The highest BCUT2D eigenvalue weighted by atomic mass is 16.5. The molecule has 1 amide bonds. The maximum atomic E-state index is 11.5. The van der Waals surface area contributed by atoms with Gasteiger partial charge in [0.05, 0.1) is 0 Å². The van der Waals surface area contributed by atoms with Gasteiger partial charge in [0.15, 0.2) is 5.82 Å². The van der Waals surface area contributed by atoms with Crippen LogP contribution in [0.15, 0.2) is 4.52 Å². The topological polar surface area (TPSA) is 94.0 Å². The van der Waals surface area contributed by atoms with E-state index in [4.69, 9.17) is 10.3 Å². The number of hydrogen-bond donors (Lipinski definition) is 2. The van der Waals surface area contributed by atoms with E-state index in [1.807, 2.05) is 13.8 Å². The third-order valence-corrected chi connectivity index (χ3v) is 2.51. The lowest BCUT2D eigenvalue weighted by atomic mass is 10.0. The average Bonchev–Trinajstić information content (AvgIpc) is 2.64. The van der Waals surface area contributed by atoms with Gasteiger partial charge in [-0.15, -0.1) is 0 Å². The minimum atomic E-state index is -0.0966. The molecule has 0 spiro atoms. The molecule has 1 unspecified atom stereocenters. The molecule has 3 N–H and O–H groups in total. The smallest absolute Gasteiger partial charge is 0.228 e. The Kier molecular flexibility index (Phi) is 5.09. The van der Waals surface area contributed by atoms with Crippen molar-refractivity contribution < 1.29 is 9.32 Å². The minimum Gasteiger partial charge on any atom is -0.356 e. The lowest BCUT2D eigenvalue weighted by molar-refractivity contribution is -0.121. The van der Waals surface area contributed by atoms with Crippen molar-refractivity contribution in [1.82, 2.24) is 15.5 Å². The molecule has 6 nitrogen and oxygen atoms in total. The van der Waals surface area contributed by atoms with E-state index in [2.05, 4.69) is 15.5 Å². The fourth-order valence-electron chi connectivity index (χ4n) is 1.27. The second-order valence-electron chi connectivity index (χ2n) is 4.45. The Morgan fingerprint density at radius 2 is 2.24 bits per heavy atom. The number of nitrogens with zero attached hydrogens (tertiary/aromatic N) is 2. The van der Waals surface area contributed by atoms with Crippen LogP contribution in [-0.4, -0.2) is 28.6 Å². The number of carbonyl (C=O) groups is 1. The summed E-state index contributed by atoms with van der Waals surface area (Å²) in [5, 5.41) is 6.45. The Labute approximate surface area is 101 Å². The summed E-state index contributed by atoms with van der Waals surface area (Å²) in [6, 6.07) is -0.0966. The van der Waals surface area contributed by atoms with Crippen molar-refractivity contribution in [2.45, 2.75) is 39.7 Å². The minimum absolute atomic E-state index is 0.0394. The summed E-state index contributed by atoms with van der Waals surface area (Å²) in [4.78, 5) is 15.5. The van der Waals surface area contributed by atoms with Crippen LogP contribution in [0.2, 0.25) is 0 Å². The van der Waals surface area contributed by atoms with Gasteiger partial charge in [0, 0.05) is 25.4 Å². The second-order valence-corrected chi connectivity index (χ2v) is 4.45. The van der Waals surface area contributed by atoms with Crippen molar-refractivity contribution in [2.24, 2.45) is 11.7 Å². The number of rotatable bonds is 6. The molecule has 0 fully saturated rings. The molecule has 1 aromatic heterocycles. The Morgan fingerprint density at radius 3 is 2.76 bits per heavy atom. The monoisotopic (exact) mass is 240 g/mol. The van der Waals surface area contributed by atoms with Crippen molar-refractivity contribution >= 4 is 5.91 Å². The average molecular weight is 240 g/mol. The van der Waals surface area contributed by atoms with Gasteiger partial charge in [-0.3, -0.25) is 4.79 Å². The highest BCUT2D eigenvalue weighted by Crippen LogP contribution is 2.02. The molecular weight excluding hydrogens is 220 g/mol. The van der Waals surface area contributed by atoms with Crippen LogP contribution in [-0.2, 0) is 11.2 Å². The second kappa shape index (κ2) is 6.34. The number of amides is 1. The zero-order chi connectivity index (χ0) is 12.8. The van der Waals surface area contributed by atoms with Crippen LogP contribution >= 0.6 is 0 Å². The number of nitrogens with one attached hydrogen (secondary N) is 1. The Hall–Kier alpha value is -1.43. The molecular formula is C11H20N4O2. The fourth-order valence-corrected chi connectivity index (χ4v) is 1.27. The van der Waals surface area contributed by atoms with E-state index in [1.165, 1.54) is 0 Å². The molecule has 0 aliphatic heterocycles. The quantitative estimate of drug-likeness (QED) is 0.751. The van der Waals surface area contributed by atoms with Crippen LogP contribution in [0, 0.1) is 12.8 Å². The number of carbonyl (C=O) groups excluding carboxylic acids is 1. The lowest BCUT2D eigenvalue weighted by Crippen LogP contribution is -2.35. The first-order valence-corrected chi connectivity index (χ1v) is 5.80. The fraction of sp³-hybridized carbons (Fsp3) is 0.727. The molecule has 1 heterocycles. The zero-order valence-corrected chi connectivity index (χ0v) is 10.6. The zero-order valence-electron chi connectivity index (χ0n) is 10.6. The lowest BCUT2D eigenvalue weighted by Gasteiger charge is -2.14. The maximum Gasteiger partial charge on any atom is 0.228 e. The highest BCUT2D eigenvalue weighted by Gasteiger charge is 2.12. The molecule has 0 aromatic carbocycles. The predicted molar refractivity (Wildman–Crippen MR) is 63.2 cm³/mol. The Balaban J connectivity index is 2.20. The van der Waals surface area contributed by atoms with Gasteiger partial charge in [-0.2, -0.15) is 4.98 Å². The number of aryl methyl sites for hydroxylation is 1. The van der Waals surface area contributed by atoms with E-state index >= 15 is 0 Å². The van der Waals surface area contributed by atoms with Crippen LogP contribution in [0.5, 0.6) is 0 Å². The molecule has 0 radical (unpaired) electrons. The van der Waals surface area contributed by atoms with Gasteiger partial charge in [0.1, 0.15) is 0 Å². The molecule has 0 saturated carbocycles. The van der Waals surface area contributed by atoms with E-state index < -0.39 is 0 Å². The van der Waals surface area contributed by atoms with E-state index in [0.717, 1.165) is 0 Å². The van der Waals surface area contributed by atoms with Gasteiger partial charge in [0.25, 0.3) is 0 Å². The molecule has 0 saturated heterocycles. The number of nitrogens with two attached hydrogens (primary N) is 1. The van der Waals surface area contributed by atoms with Gasteiger partial charge in [-0.05, 0) is 12.8 Å². The van der Waals surface area contributed by atoms with Crippen molar-refractivity contribution in [3.8, 4) is 0 Å². The van der Waals surface area contributed by atoms with Gasteiger partial charge in [-0.25, -0.2) is 0 Å². The van der Waals surface area contributed by atoms with E-state index in [-0.39, 0.29) is 11.9 Å². The summed E-state index contributed by atoms with van der Waals surface area (Å²) >= 11 is 0. The van der Waals surface area contributed by atoms with Crippen molar-refractivity contribution in [2.75, 3.05) is 6.54 Å². The van der Waals surface area contributed by atoms with E-state index in [1.54, 1.807) is 6.92 Å². The standard InChI is InChI=1S/C11H20N4O2/c1-7(2)9(12)6-10(16)13-5-4-11-14-8(3)15-17-11/h7,9H,4-6,12H2,1-3H3,(H,13,16). The molecule has 1 rings (SSSR count). The summed E-state index contributed by atoms with van der Waals surface area (Å²) in [7, 11) is 0. The third kappa shape index (κ3) is 4.95. The Morgan fingerprint density at radius 1 is 1.53 bits per heavy atom. The largest absolute Gasteiger partial charge is 0.356 e. The molecule has 0 aliphatic carbocycles. The Bertz CT molecular complexity index is 362. The first-order chi connectivity index (χ1) is 7.99. The van der Waals surface area contributed by atoms with Gasteiger partial charge >= 0.3 is 0 Å². The molecule has 0 aliphatic rings. The normalized spacial score (nSPS) is 12.8. The molecule has 1 aromatic rings. The molecule has 17 heavy (non-hydrogen) atoms. The van der Waals surface area contributed by atoms with Gasteiger partial charge in [0.2, 0.25) is 11.8 Å². The molecule has 1 atom stereocenters. The van der Waals surface area contributed by atoms with Crippen molar-refractivity contribution in [1.29, 1.82) is 0 Å². The summed E-state index contributed by atoms with van der Waals surface area (Å²) in [5.41, 5.74) is 5.80. The maximum absolute atomic E-state index is 11.5. The van der Waals surface area contributed by atoms with E-state index in [9.17, 15) is 4.79 Å². The SMILES string of the molecule is Cc1noc(CCNC(=O)CC(N)C(C)C)n1. The van der Waals surface area contributed by atoms with Crippen LogP contribution in [0.1, 0.15) is 32.0 Å². The van der Waals surface area contributed by atoms with Crippen LogP contribution in [0.3, 0.4) is 0 Å². The van der Waals surface area contributed by atoms with E-state index in [0.29, 0.717) is 37.0 Å².